The molecular weight excluding hydrogens is 166 g/mol. The van der Waals surface area contributed by atoms with Gasteiger partial charge >= 0.3 is 0 Å². The minimum atomic E-state index is 0.309. The van der Waals surface area contributed by atoms with E-state index in [1.807, 2.05) is 0 Å². The summed E-state index contributed by atoms with van der Waals surface area (Å²) < 4.78 is 5.31. The second kappa shape index (κ2) is 3.38. The van der Waals surface area contributed by atoms with Gasteiger partial charge in [0.2, 0.25) is 0 Å². The standard InChI is InChI=1S/C9H15N3O/c1-2-4-12-5-3-7-8(6-12)13-9(10)11-7/h2-6H2,1H3,(H2,10,11). The molecule has 2 heterocycles. The molecule has 1 aliphatic rings. The highest BCUT2D eigenvalue weighted by atomic mass is 16.4. The lowest BCUT2D eigenvalue weighted by Crippen LogP contribution is -2.30. The average Bonchev–Trinajstić information content (AvgIpc) is 2.44. The zero-order chi connectivity index (χ0) is 9.26. The van der Waals surface area contributed by atoms with Crippen LogP contribution in [0.1, 0.15) is 24.8 Å². The van der Waals surface area contributed by atoms with E-state index in [9.17, 15) is 0 Å². The van der Waals surface area contributed by atoms with E-state index in [1.54, 1.807) is 0 Å². The van der Waals surface area contributed by atoms with Crippen LogP contribution in [-0.2, 0) is 13.0 Å². The van der Waals surface area contributed by atoms with Crippen LogP contribution in [0.25, 0.3) is 0 Å². The van der Waals surface area contributed by atoms with Crippen molar-refractivity contribution in [3.63, 3.8) is 0 Å². The van der Waals surface area contributed by atoms with Crippen molar-refractivity contribution in [2.24, 2.45) is 0 Å². The first-order valence-electron chi connectivity index (χ1n) is 4.76. The van der Waals surface area contributed by atoms with Gasteiger partial charge in [0.15, 0.2) is 0 Å². The van der Waals surface area contributed by atoms with Crippen LogP contribution in [0.2, 0.25) is 0 Å². The number of rotatable bonds is 2. The van der Waals surface area contributed by atoms with Crippen molar-refractivity contribution in [3.05, 3.63) is 11.5 Å². The van der Waals surface area contributed by atoms with E-state index in [-0.39, 0.29) is 0 Å². The molecule has 2 N–H and O–H groups in total. The van der Waals surface area contributed by atoms with Crippen LogP contribution in [0.4, 0.5) is 6.01 Å². The van der Waals surface area contributed by atoms with Gasteiger partial charge in [-0.3, -0.25) is 4.90 Å². The molecule has 0 amide bonds. The fraction of sp³-hybridized carbons (Fsp3) is 0.667. The molecule has 0 spiro atoms. The van der Waals surface area contributed by atoms with E-state index in [0.29, 0.717) is 6.01 Å². The minimum absolute atomic E-state index is 0.309. The normalized spacial score (nSPS) is 17.3. The molecule has 1 aromatic rings. The number of anilines is 1. The molecule has 13 heavy (non-hydrogen) atoms. The molecule has 0 aliphatic carbocycles. The Balaban J connectivity index is 2.10. The first-order valence-corrected chi connectivity index (χ1v) is 4.76. The molecule has 1 aliphatic heterocycles. The van der Waals surface area contributed by atoms with Crippen LogP contribution in [-0.4, -0.2) is 23.0 Å². The van der Waals surface area contributed by atoms with Crippen LogP contribution < -0.4 is 5.73 Å². The van der Waals surface area contributed by atoms with Gasteiger partial charge in [-0.05, 0) is 13.0 Å². The molecular formula is C9H15N3O. The van der Waals surface area contributed by atoms with Gasteiger partial charge < -0.3 is 10.2 Å². The first kappa shape index (κ1) is 8.56. The highest BCUT2D eigenvalue weighted by molar-refractivity contribution is 5.21. The largest absolute Gasteiger partial charge is 0.427 e. The van der Waals surface area contributed by atoms with Crippen LogP contribution >= 0.6 is 0 Å². The first-order chi connectivity index (χ1) is 6.29. The summed E-state index contributed by atoms with van der Waals surface area (Å²) in [7, 11) is 0. The van der Waals surface area contributed by atoms with E-state index in [1.165, 1.54) is 6.42 Å². The Bertz CT molecular complexity index is 295. The predicted molar refractivity (Wildman–Crippen MR) is 50.2 cm³/mol. The molecule has 0 saturated heterocycles. The van der Waals surface area contributed by atoms with E-state index < -0.39 is 0 Å². The fourth-order valence-corrected chi connectivity index (χ4v) is 1.78. The van der Waals surface area contributed by atoms with Gasteiger partial charge in [-0.25, -0.2) is 0 Å². The number of nitrogens with zero attached hydrogens (tertiary/aromatic N) is 2. The number of hydrogen-bond acceptors (Lipinski definition) is 4. The number of nitrogen functional groups attached to an aromatic ring is 1. The summed E-state index contributed by atoms with van der Waals surface area (Å²) in [5, 5.41) is 0. The maximum absolute atomic E-state index is 5.48. The molecule has 4 heteroatoms. The van der Waals surface area contributed by atoms with E-state index in [2.05, 4.69) is 16.8 Å². The number of nitrogens with two attached hydrogens (primary N) is 1. The summed E-state index contributed by atoms with van der Waals surface area (Å²) in [5.74, 6) is 0.956. The van der Waals surface area contributed by atoms with Crippen LogP contribution in [0.5, 0.6) is 0 Å². The predicted octanol–water partition coefficient (Wildman–Crippen LogP) is 1.02. The molecule has 4 nitrogen and oxygen atoms in total. The Morgan fingerprint density at radius 3 is 3.23 bits per heavy atom. The molecule has 0 fully saturated rings. The maximum Gasteiger partial charge on any atom is 0.292 e. The summed E-state index contributed by atoms with van der Waals surface area (Å²) in [6, 6.07) is 0.309. The highest BCUT2D eigenvalue weighted by Gasteiger charge is 2.20. The lowest BCUT2D eigenvalue weighted by Gasteiger charge is -2.23. The number of fused-ring (bicyclic) bond motifs is 1. The monoisotopic (exact) mass is 181 g/mol. The summed E-state index contributed by atoms with van der Waals surface area (Å²) in [4.78, 5) is 6.50. The molecule has 2 rings (SSSR count). The molecule has 0 bridgehead atoms. The third-order valence-electron chi connectivity index (χ3n) is 2.37. The molecule has 72 valence electrons. The van der Waals surface area contributed by atoms with Crippen molar-refractivity contribution in [1.82, 2.24) is 9.88 Å². The SMILES string of the molecule is CCCN1CCc2nc(N)oc2C1. The van der Waals surface area contributed by atoms with Crippen molar-refractivity contribution < 1.29 is 4.42 Å². The Hall–Kier alpha value is -1.03. The Morgan fingerprint density at radius 1 is 1.62 bits per heavy atom. The number of hydrogen-bond donors (Lipinski definition) is 1. The molecule has 0 radical (unpaired) electrons. The lowest BCUT2D eigenvalue weighted by molar-refractivity contribution is 0.230. The van der Waals surface area contributed by atoms with Gasteiger partial charge in [0.05, 0.1) is 12.2 Å². The Kier molecular flexibility index (Phi) is 2.22. The Labute approximate surface area is 77.7 Å². The summed E-state index contributed by atoms with van der Waals surface area (Å²) in [5.41, 5.74) is 6.53. The maximum atomic E-state index is 5.48. The zero-order valence-electron chi connectivity index (χ0n) is 7.92. The summed E-state index contributed by atoms with van der Waals surface area (Å²) in [6.07, 6.45) is 2.15. The Morgan fingerprint density at radius 2 is 2.46 bits per heavy atom. The van der Waals surface area contributed by atoms with Crippen molar-refractivity contribution in [2.45, 2.75) is 26.3 Å². The molecule has 0 saturated carbocycles. The quantitative estimate of drug-likeness (QED) is 0.740. The second-order valence-corrected chi connectivity index (χ2v) is 3.45. The summed E-state index contributed by atoms with van der Waals surface area (Å²) >= 11 is 0. The smallest absolute Gasteiger partial charge is 0.292 e. The number of oxazole rings is 1. The van der Waals surface area contributed by atoms with Gasteiger partial charge in [0.25, 0.3) is 6.01 Å². The van der Waals surface area contributed by atoms with E-state index >= 15 is 0 Å². The van der Waals surface area contributed by atoms with Crippen molar-refractivity contribution in [3.8, 4) is 0 Å². The van der Waals surface area contributed by atoms with Crippen LogP contribution in [0.3, 0.4) is 0 Å². The van der Waals surface area contributed by atoms with E-state index in [0.717, 1.165) is 37.5 Å². The van der Waals surface area contributed by atoms with Gasteiger partial charge in [0.1, 0.15) is 5.76 Å². The summed E-state index contributed by atoms with van der Waals surface area (Å²) in [6.45, 7) is 5.25. The van der Waals surface area contributed by atoms with Crippen LogP contribution in [0.15, 0.2) is 4.42 Å². The lowest BCUT2D eigenvalue weighted by atomic mass is 10.1. The van der Waals surface area contributed by atoms with E-state index in [4.69, 9.17) is 10.2 Å². The number of aromatic nitrogens is 1. The molecule has 0 atom stereocenters. The van der Waals surface area contributed by atoms with Crippen molar-refractivity contribution >= 4 is 6.01 Å². The van der Waals surface area contributed by atoms with Gasteiger partial charge in [-0.15, -0.1) is 0 Å². The van der Waals surface area contributed by atoms with Crippen molar-refractivity contribution in [1.29, 1.82) is 0 Å². The zero-order valence-corrected chi connectivity index (χ0v) is 7.92. The second-order valence-electron chi connectivity index (χ2n) is 3.45. The topological polar surface area (TPSA) is 55.3 Å². The van der Waals surface area contributed by atoms with Crippen LogP contribution in [0, 0.1) is 0 Å². The molecule has 0 aromatic carbocycles. The molecule has 0 unspecified atom stereocenters. The van der Waals surface area contributed by atoms with Crippen molar-refractivity contribution in [2.75, 3.05) is 18.8 Å². The highest BCUT2D eigenvalue weighted by Crippen LogP contribution is 2.20. The third-order valence-corrected chi connectivity index (χ3v) is 2.37. The minimum Gasteiger partial charge on any atom is -0.427 e. The van der Waals surface area contributed by atoms with Gasteiger partial charge in [-0.1, -0.05) is 6.92 Å². The average molecular weight is 181 g/mol. The fourth-order valence-electron chi connectivity index (χ4n) is 1.78. The van der Waals surface area contributed by atoms with Gasteiger partial charge in [-0.2, -0.15) is 4.98 Å². The third kappa shape index (κ3) is 1.67. The van der Waals surface area contributed by atoms with Gasteiger partial charge in [0, 0.05) is 13.0 Å². The molecule has 1 aromatic heterocycles.